The lowest BCUT2D eigenvalue weighted by molar-refractivity contribution is 0.234. The molecule has 1 aromatic carbocycles. The number of hydrogen-bond acceptors (Lipinski definition) is 1. The van der Waals surface area contributed by atoms with Crippen molar-refractivity contribution in [3.63, 3.8) is 0 Å². The molecule has 1 heteroatoms. The highest BCUT2D eigenvalue weighted by Crippen LogP contribution is 1.99. The van der Waals surface area contributed by atoms with E-state index >= 15 is 0 Å². The molecule has 0 atom stereocenters. The smallest absolute Gasteiger partial charge is 0.0646 e. The fourth-order valence-electron chi connectivity index (χ4n) is 0.845. The minimum Gasteiger partial charge on any atom is -0.381 e. The molecule has 1 aromatic rings. The van der Waals surface area contributed by atoms with Gasteiger partial charge in [-0.3, -0.25) is 0 Å². The number of ether oxygens (including phenoxy) is 1. The van der Waals surface area contributed by atoms with Gasteiger partial charge in [-0.05, 0) is 5.56 Å². The van der Waals surface area contributed by atoms with E-state index in [1.165, 1.54) is 5.56 Å². The van der Waals surface area contributed by atoms with Gasteiger partial charge in [0.1, 0.15) is 0 Å². The summed E-state index contributed by atoms with van der Waals surface area (Å²) in [5, 5.41) is 0. The van der Waals surface area contributed by atoms with Gasteiger partial charge in [-0.15, -0.1) is 0 Å². The van der Waals surface area contributed by atoms with Gasteiger partial charge in [-0.2, -0.15) is 0 Å². The third-order valence-electron chi connectivity index (χ3n) is 1.37. The van der Waals surface area contributed by atoms with Crippen molar-refractivity contribution in [3.05, 3.63) is 42.0 Å². The number of methoxy groups -OCH3 is 1. The molecule has 0 unspecified atom stereocenters. The second-order valence-corrected chi connectivity index (χ2v) is 2.27. The van der Waals surface area contributed by atoms with Crippen LogP contribution >= 0.6 is 0 Å². The molecular weight excluding hydrogens is 148 g/mol. The van der Waals surface area contributed by atoms with Crippen molar-refractivity contribution in [1.82, 2.24) is 0 Å². The summed E-state index contributed by atoms with van der Waals surface area (Å²) in [5.41, 5.74) is 1.21. The third kappa shape index (κ3) is 3.94. The van der Waals surface area contributed by atoms with E-state index in [2.05, 4.69) is 12.1 Å². The first-order valence-electron chi connectivity index (χ1n) is 3.64. The molecule has 0 aliphatic carbocycles. The largest absolute Gasteiger partial charge is 0.381 e. The second kappa shape index (κ2) is 6.62. The topological polar surface area (TPSA) is 9.23 Å². The molecule has 66 valence electrons. The zero-order valence-corrected chi connectivity index (χ0v) is 6.66. The van der Waals surface area contributed by atoms with Crippen molar-refractivity contribution < 1.29 is 4.74 Å². The van der Waals surface area contributed by atoms with Crippen molar-refractivity contribution >= 4 is 6.08 Å². The predicted molar refractivity (Wildman–Crippen MR) is 54.1 cm³/mol. The minimum absolute atomic E-state index is 0. The van der Waals surface area contributed by atoms with Crippen molar-refractivity contribution in [2.45, 2.75) is 7.43 Å². The molecule has 0 spiro atoms. The van der Waals surface area contributed by atoms with E-state index in [-0.39, 0.29) is 7.43 Å². The van der Waals surface area contributed by atoms with Crippen LogP contribution in [-0.4, -0.2) is 13.7 Å². The quantitative estimate of drug-likeness (QED) is 0.667. The first-order valence-corrected chi connectivity index (χ1v) is 3.64. The van der Waals surface area contributed by atoms with Gasteiger partial charge in [0.15, 0.2) is 0 Å². The maximum absolute atomic E-state index is 4.88. The molecule has 0 bridgehead atoms. The molecule has 1 rings (SSSR count). The Bertz CT molecular complexity index is 214. The first kappa shape index (κ1) is 10.9. The van der Waals surface area contributed by atoms with E-state index in [1.807, 2.05) is 30.4 Å². The minimum atomic E-state index is 0. The van der Waals surface area contributed by atoms with E-state index in [1.54, 1.807) is 7.11 Å². The van der Waals surface area contributed by atoms with E-state index < -0.39 is 0 Å². The summed E-state index contributed by atoms with van der Waals surface area (Å²) in [6, 6.07) is 10.2. The first-order chi connectivity index (χ1) is 5.43. The average molecular weight is 164 g/mol. The average Bonchev–Trinajstić information content (AvgIpc) is 2.07. The van der Waals surface area contributed by atoms with Crippen molar-refractivity contribution in [1.29, 1.82) is 0 Å². The van der Waals surface area contributed by atoms with Gasteiger partial charge in [0, 0.05) is 7.11 Å². The summed E-state index contributed by atoms with van der Waals surface area (Å²) in [7, 11) is 1.69. The Kier molecular flexibility index (Phi) is 6.02. The molecule has 0 aliphatic rings. The lowest BCUT2D eigenvalue weighted by atomic mass is 10.2. The summed E-state index contributed by atoms with van der Waals surface area (Å²) < 4.78 is 4.88. The van der Waals surface area contributed by atoms with Crippen LogP contribution in [0.2, 0.25) is 0 Å². The Labute approximate surface area is 74.7 Å². The Morgan fingerprint density at radius 1 is 1.25 bits per heavy atom. The number of benzene rings is 1. The molecule has 0 aliphatic heterocycles. The fraction of sp³-hybridized carbons (Fsp3) is 0.273. The summed E-state index contributed by atoms with van der Waals surface area (Å²) in [6.45, 7) is 0.675. The summed E-state index contributed by atoms with van der Waals surface area (Å²) in [5.74, 6) is 0. The van der Waals surface area contributed by atoms with E-state index in [4.69, 9.17) is 4.74 Å². The highest BCUT2D eigenvalue weighted by molar-refractivity contribution is 5.48. The lowest BCUT2D eigenvalue weighted by Crippen LogP contribution is -1.79. The molecule has 12 heavy (non-hydrogen) atoms. The van der Waals surface area contributed by atoms with E-state index in [0.717, 1.165) is 0 Å². The van der Waals surface area contributed by atoms with Gasteiger partial charge in [0.2, 0.25) is 0 Å². The second-order valence-electron chi connectivity index (χ2n) is 2.27. The van der Waals surface area contributed by atoms with Crippen LogP contribution in [0.4, 0.5) is 0 Å². The summed E-state index contributed by atoms with van der Waals surface area (Å²) in [4.78, 5) is 0. The zero-order valence-electron chi connectivity index (χ0n) is 6.66. The maximum atomic E-state index is 4.88. The standard InChI is InChI=1S/C10H12O.CH4/c1-11-9-5-8-10-6-3-2-4-7-10;/h2-8H,9H2,1H3;1H4. The molecular formula is C11H16O. The molecule has 0 saturated carbocycles. The van der Waals surface area contributed by atoms with Crippen molar-refractivity contribution in [2.24, 2.45) is 0 Å². The van der Waals surface area contributed by atoms with Gasteiger partial charge in [-0.25, -0.2) is 0 Å². The molecule has 1 nitrogen and oxygen atoms in total. The highest BCUT2D eigenvalue weighted by Gasteiger charge is 1.80. The summed E-state index contributed by atoms with van der Waals surface area (Å²) >= 11 is 0. The van der Waals surface area contributed by atoms with Gasteiger partial charge < -0.3 is 4.74 Å². The Morgan fingerprint density at radius 2 is 1.92 bits per heavy atom. The van der Waals surface area contributed by atoms with Gasteiger partial charge in [0.25, 0.3) is 0 Å². The van der Waals surface area contributed by atoms with Crippen LogP contribution in [0, 0.1) is 0 Å². The van der Waals surface area contributed by atoms with Crippen LogP contribution in [0.5, 0.6) is 0 Å². The lowest BCUT2D eigenvalue weighted by Gasteiger charge is -1.90. The van der Waals surface area contributed by atoms with Crippen LogP contribution in [0.15, 0.2) is 36.4 Å². The number of rotatable bonds is 3. The molecule has 0 N–H and O–H groups in total. The van der Waals surface area contributed by atoms with Crippen LogP contribution in [-0.2, 0) is 4.74 Å². The fourth-order valence-corrected chi connectivity index (χ4v) is 0.845. The SMILES string of the molecule is C.COCC=Cc1ccccc1. The van der Waals surface area contributed by atoms with E-state index in [0.29, 0.717) is 6.61 Å². The van der Waals surface area contributed by atoms with Crippen LogP contribution in [0.1, 0.15) is 13.0 Å². The third-order valence-corrected chi connectivity index (χ3v) is 1.37. The van der Waals surface area contributed by atoms with Crippen LogP contribution in [0.3, 0.4) is 0 Å². The molecule has 0 radical (unpaired) electrons. The Balaban J connectivity index is 0.00000121. The van der Waals surface area contributed by atoms with Crippen LogP contribution in [0.25, 0.3) is 6.08 Å². The molecule has 0 aromatic heterocycles. The Hall–Kier alpha value is -1.08. The predicted octanol–water partition coefficient (Wildman–Crippen LogP) is 2.98. The summed E-state index contributed by atoms with van der Waals surface area (Å²) in [6.07, 6.45) is 4.04. The zero-order chi connectivity index (χ0) is 7.94. The van der Waals surface area contributed by atoms with Crippen molar-refractivity contribution in [2.75, 3.05) is 13.7 Å². The Morgan fingerprint density at radius 3 is 2.50 bits per heavy atom. The van der Waals surface area contributed by atoms with Gasteiger partial charge in [-0.1, -0.05) is 49.9 Å². The van der Waals surface area contributed by atoms with Gasteiger partial charge >= 0.3 is 0 Å². The number of hydrogen-bond donors (Lipinski definition) is 0. The maximum Gasteiger partial charge on any atom is 0.0646 e. The van der Waals surface area contributed by atoms with Crippen LogP contribution < -0.4 is 0 Å². The molecule has 0 saturated heterocycles. The normalized spacial score (nSPS) is 9.75. The highest BCUT2D eigenvalue weighted by atomic mass is 16.5. The molecule has 0 heterocycles. The molecule has 0 fully saturated rings. The van der Waals surface area contributed by atoms with Gasteiger partial charge in [0.05, 0.1) is 6.61 Å². The van der Waals surface area contributed by atoms with Crippen molar-refractivity contribution in [3.8, 4) is 0 Å². The molecule has 0 amide bonds. The van der Waals surface area contributed by atoms with E-state index in [9.17, 15) is 0 Å². The monoisotopic (exact) mass is 164 g/mol.